The number of hydrogen-bond donors (Lipinski definition) is 1. The van der Waals surface area contributed by atoms with E-state index in [1.165, 1.54) is 0 Å². The Bertz CT molecular complexity index is 478. The molecule has 7 heteroatoms. The summed E-state index contributed by atoms with van der Waals surface area (Å²) in [7, 11) is 0. The molecule has 0 atom stereocenters. The number of furan rings is 1. The first-order valence-electron chi connectivity index (χ1n) is 6.21. The van der Waals surface area contributed by atoms with E-state index in [0.717, 1.165) is 32.6 Å². The van der Waals surface area contributed by atoms with Gasteiger partial charge >= 0.3 is 0 Å². The van der Waals surface area contributed by atoms with Crippen LogP contribution in [-0.4, -0.2) is 41.2 Å². The van der Waals surface area contributed by atoms with E-state index >= 15 is 0 Å². The molecule has 1 fully saturated rings. The minimum atomic E-state index is 0. The van der Waals surface area contributed by atoms with Gasteiger partial charge in [-0.2, -0.15) is 4.98 Å². The summed E-state index contributed by atoms with van der Waals surface area (Å²) in [4.78, 5) is 6.66. The smallest absolute Gasteiger partial charge is 0.241 e. The van der Waals surface area contributed by atoms with Crippen LogP contribution in [0, 0.1) is 0 Å². The normalized spacial score (nSPS) is 16.8. The predicted molar refractivity (Wildman–Crippen MR) is 72.0 cm³/mol. The van der Waals surface area contributed by atoms with E-state index in [-0.39, 0.29) is 12.4 Å². The van der Waals surface area contributed by atoms with E-state index in [0.29, 0.717) is 24.0 Å². The molecule has 1 aliphatic heterocycles. The van der Waals surface area contributed by atoms with Gasteiger partial charge in [0.05, 0.1) is 12.8 Å². The Labute approximate surface area is 117 Å². The third kappa shape index (κ3) is 3.56. The van der Waals surface area contributed by atoms with Gasteiger partial charge in [-0.1, -0.05) is 5.16 Å². The molecule has 0 saturated carbocycles. The molecule has 0 bridgehead atoms. The standard InChI is InChI=1S/C12H16N4O2.ClH/c1-3-10(17-8-1)12-14-11(18-15-12)9-16-6-2-4-13-5-7-16;/h1,3,8,13H,2,4-7,9H2;1H. The first-order valence-corrected chi connectivity index (χ1v) is 6.21. The molecule has 1 aliphatic rings. The Morgan fingerprint density at radius 1 is 1.32 bits per heavy atom. The minimum Gasteiger partial charge on any atom is -0.461 e. The average Bonchev–Trinajstić information content (AvgIpc) is 2.98. The van der Waals surface area contributed by atoms with Gasteiger partial charge in [-0.25, -0.2) is 0 Å². The van der Waals surface area contributed by atoms with Gasteiger partial charge in [0.1, 0.15) is 0 Å². The van der Waals surface area contributed by atoms with Gasteiger partial charge < -0.3 is 14.3 Å². The number of hydrogen-bond acceptors (Lipinski definition) is 6. The lowest BCUT2D eigenvalue weighted by Gasteiger charge is -2.16. The second-order valence-corrected chi connectivity index (χ2v) is 4.37. The fraction of sp³-hybridized carbons (Fsp3) is 0.500. The number of nitrogens with one attached hydrogen (secondary N) is 1. The maximum Gasteiger partial charge on any atom is 0.241 e. The molecule has 3 rings (SSSR count). The van der Waals surface area contributed by atoms with Crippen LogP contribution in [-0.2, 0) is 6.54 Å². The summed E-state index contributed by atoms with van der Waals surface area (Å²) in [5.74, 6) is 1.80. The highest BCUT2D eigenvalue weighted by Crippen LogP contribution is 2.16. The monoisotopic (exact) mass is 284 g/mol. The van der Waals surface area contributed by atoms with Crippen molar-refractivity contribution >= 4 is 12.4 Å². The van der Waals surface area contributed by atoms with Crippen LogP contribution in [0.1, 0.15) is 12.3 Å². The molecular formula is C12H17ClN4O2. The molecule has 6 nitrogen and oxygen atoms in total. The summed E-state index contributed by atoms with van der Waals surface area (Å²) in [6.45, 7) is 4.87. The van der Waals surface area contributed by atoms with Crippen LogP contribution < -0.4 is 5.32 Å². The fourth-order valence-corrected chi connectivity index (χ4v) is 2.08. The van der Waals surface area contributed by atoms with Gasteiger partial charge in [0.15, 0.2) is 5.76 Å². The molecule has 0 radical (unpaired) electrons. The topological polar surface area (TPSA) is 67.3 Å². The quantitative estimate of drug-likeness (QED) is 0.922. The second-order valence-electron chi connectivity index (χ2n) is 4.37. The van der Waals surface area contributed by atoms with Crippen LogP contribution in [0.5, 0.6) is 0 Å². The van der Waals surface area contributed by atoms with Crippen molar-refractivity contribution in [3.63, 3.8) is 0 Å². The Hall–Kier alpha value is -1.37. The molecule has 0 aliphatic carbocycles. The van der Waals surface area contributed by atoms with Crippen LogP contribution in [0.15, 0.2) is 27.3 Å². The van der Waals surface area contributed by atoms with Crippen molar-refractivity contribution < 1.29 is 8.94 Å². The largest absolute Gasteiger partial charge is 0.461 e. The highest BCUT2D eigenvalue weighted by molar-refractivity contribution is 5.85. The van der Waals surface area contributed by atoms with Gasteiger partial charge in [0.2, 0.25) is 11.7 Å². The number of nitrogens with zero attached hydrogens (tertiary/aromatic N) is 3. The lowest BCUT2D eigenvalue weighted by Crippen LogP contribution is -2.27. The summed E-state index contributed by atoms with van der Waals surface area (Å²) in [6, 6.07) is 3.64. The summed E-state index contributed by atoms with van der Waals surface area (Å²) < 4.78 is 10.5. The van der Waals surface area contributed by atoms with E-state index in [9.17, 15) is 0 Å². The molecule has 19 heavy (non-hydrogen) atoms. The van der Waals surface area contributed by atoms with Crippen LogP contribution in [0.2, 0.25) is 0 Å². The third-order valence-electron chi connectivity index (χ3n) is 3.00. The number of aromatic nitrogens is 2. The van der Waals surface area contributed by atoms with Crippen molar-refractivity contribution in [1.82, 2.24) is 20.4 Å². The van der Waals surface area contributed by atoms with Crippen LogP contribution in [0.3, 0.4) is 0 Å². The lowest BCUT2D eigenvalue weighted by molar-refractivity contribution is 0.239. The van der Waals surface area contributed by atoms with E-state index in [4.69, 9.17) is 8.94 Å². The molecule has 2 aromatic heterocycles. The lowest BCUT2D eigenvalue weighted by atomic mass is 10.4. The molecule has 3 heterocycles. The van der Waals surface area contributed by atoms with Gasteiger partial charge in [-0.05, 0) is 31.6 Å². The predicted octanol–water partition coefficient (Wildman–Crippen LogP) is 1.55. The maximum absolute atomic E-state index is 5.25. The van der Waals surface area contributed by atoms with Crippen molar-refractivity contribution in [2.75, 3.05) is 26.2 Å². The summed E-state index contributed by atoms with van der Waals surface area (Å²) in [6.07, 6.45) is 2.75. The summed E-state index contributed by atoms with van der Waals surface area (Å²) in [5.41, 5.74) is 0. The SMILES string of the molecule is Cl.c1coc(-c2noc(CN3CCCNCC3)n2)c1. The van der Waals surface area contributed by atoms with E-state index in [1.807, 2.05) is 12.1 Å². The van der Waals surface area contributed by atoms with Gasteiger partial charge in [-0.15, -0.1) is 12.4 Å². The van der Waals surface area contributed by atoms with Crippen LogP contribution >= 0.6 is 12.4 Å². The maximum atomic E-state index is 5.25. The van der Waals surface area contributed by atoms with Gasteiger partial charge in [0.25, 0.3) is 0 Å². The zero-order valence-corrected chi connectivity index (χ0v) is 11.4. The van der Waals surface area contributed by atoms with E-state index < -0.39 is 0 Å². The summed E-state index contributed by atoms with van der Waals surface area (Å²) in [5, 5.41) is 7.29. The molecule has 2 aromatic rings. The average molecular weight is 285 g/mol. The fourth-order valence-electron chi connectivity index (χ4n) is 2.08. The van der Waals surface area contributed by atoms with Crippen molar-refractivity contribution in [2.24, 2.45) is 0 Å². The molecular weight excluding hydrogens is 268 g/mol. The van der Waals surface area contributed by atoms with Crippen molar-refractivity contribution in [3.8, 4) is 11.6 Å². The Morgan fingerprint density at radius 2 is 2.26 bits per heavy atom. The zero-order valence-electron chi connectivity index (χ0n) is 10.5. The van der Waals surface area contributed by atoms with E-state index in [1.54, 1.807) is 6.26 Å². The Kier molecular flexibility index (Phi) is 4.95. The first kappa shape index (κ1) is 14.0. The minimum absolute atomic E-state index is 0. The second kappa shape index (κ2) is 6.70. The third-order valence-corrected chi connectivity index (χ3v) is 3.00. The molecule has 0 spiro atoms. The molecule has 0 unspecified atom stereocenters. The Balaban J connectivity index is 0.00000133. The molecule has 0 aromatic carbocycles. The molecule has 104 valence electrons. The van der Waals surface area contributed by atoms with Crippen molar-refractivity contribution in [1.29, 1.82) is 0 Å². The number of rotatable bonds is 3. The highest BCUT2D eigenvalue weighted by atomic mass is 35.5. The Morgan fingerprint density at radius 3 is 3.11 bits per heavy atom. The molecule has 1 saturated heterocycles. The molecule has 1 N–H and O–H groups in total. The summed E-state index contributed by atoms with van der Waals surface area (Å²) >= 11 is 0. The highest BCUT2D eigenvalue weighted by Gasteiger charge is 2.15. The van der Waals surface area contributed by atoms with Gasteiger partial charge in [0, 0.05) is 13.1 Å². The van der Waals surface area contributed by atoms with Crippen LogP contribution in [0.4, 0.5) is 0 Å². The zero-order chi connectivity index (χ0) is 12.2. The van der Waals surface area contributed by atoms with Crippen molar-refractivity contribution in [3.05, 3.63) is 24.3 Å². The van der Waals surface area contributed by atoms with Gasteiger partial charge in [-0.3, -0.25) is 4.90 Å². The van der Waals surface area contributed by atoms with Crippen LogP contribution in [0.25, 0.3) is 11.6 Å². The molecule has 0 amide bonds. The first-order chi connectivity index (χ1) is 8.92. The van der Waals surface area contributed by atoms with E-state index in [2.05, 4.69) is 20.4 Å². The number of halogens is 1. The van der Waals surface area contributed by atoms with Crippen molar-refractivity contribution in [2.45, 2.75) is 13.0 Å².